The average Bonchev–Trinajstić information content (AvgIpc) is 3.59. The lowest BCUT2D eigenvalue weighted by atomic mass is 10.0. The molecule has 1 aliphatic carbocycles. The summed E-state index contributed by atoms with van der Waals surface area (Å²) in [7, 11) is 3.96. The van der Waals surface area contributed by atoms with Crippen molar-refractivity contribution in [2.45, 2.75) is 38.1 Å². The van der Waals surface area contributed by atoms with E-state index in [9.17, 15) is 4.79 Å². The predicted molar refractivity (Wildman–Crippen MR) is 115 cm³/mol. The summed E-state index contributed by atoms with van der Waals surface area (Å²) in [5, 5.41) is 3.12. The smallest absolute Gasteiger partial charge is 0.271 e. The molecule has 1 aliphatic rings. The van der Waals surface area contributed by atoms with Gasteiger partial charge in [-0.15, -0.1) is 0 Å². The van der Waals surface area contributed by atoms with E-state index < -0.39 is 0 Å². The minimum absolute atomic E-state index is 0.237. The van der Waals surface area contributed by atoms with Crippen LogP contribution in [0.25, 0.3) is 0 Å². The van der Waals surface area contributed by atoms with E-state index in [-0.39, 0.29) is 11.9 Å². The van der Waals surface area contributed by atoms with E-state index in [1.54, 1.807) is 6.20 Å². The van der Waals surface area contributed by atoms with E-state index in [0.717, 1.165) is 41.4 Å². The monoisotopic (exact) mass is 402 g/mol. The van der Waals surface area contributed by atoms with Crippen molar-refractivity contribution >= 4 is 11.7 Å². The van der Waals surface area contributed by atoms with Crippen molar-refractivity contribution in [2.75, 3.05) is 19.0 Å². The second-order valence-electron chi connectivity index (χ2n) is 7.93. The summed E-state index contributed by atoms with van der Waals surface area (Å²) >= 11 is 0. The first-order chi connectivity index (χ1) is 14.5. The minimum Gasteiger partial charge on any atom is -0.363 e. The van der Waals surface area contributed by atoms with Crippen LogP contribution in [-0.2, 0) is 6.42 Å². The van der Waals surface area contributed by atoms with Crippen LogP contribution < -0.4 is 10.2 Å². The van der Waals surface area contributed by atoms with Gasteiger partial charge in [0.05, 0.1) is 17.9 Å². The van der Waals surface area contributed by atoms with E-state index in [0.29, 0.717) is 18.0 Å². The van der Waals surface area contributed by atoms with Crippen molar-refractivity contribution < 1.29 is 4.79 Å². The van der Waals surface area contributed by atoms with Gasteiger partial charge in [-0.05, 0) is 25.3 Å². The molecule has 0 bridgehead atoms. The summed E-state index contributed by atoms with van der Waals surface area (Å²) in [5.41, 5.74) is 3.01. The van der Waals surface area contributed by atoms with Crippen molar-refractivity contribution in [3.63, 3.8) is 0 Å². The number of hydrogen-bond donors (Lipinski definition) is 1. The standard InChI is InChI=1S/C23H26N6O/c1-15-13-25-20(14-24-15)23(30)27-19(16-7-5-4-6-8-16)11-18-12-21(29(2)3)28-22(26-18)17-9-10-17/h4-8,12-14,17,19H,9-11H2,1-3H3,(H,27,30)/t19-/m1/s1. The van der Waals surface area contributed by atoms with Gasteiger partial charge in [0.2, 0.25) is 0 Å². The number of rotatable bonds is 7. The lowest BCUT2D eigenvalue weighted by molar-refractivity contribution is 0.0931. The quantitative estimate of drug-likeness (QED) is 0.653. The maximum atomic E-state index is 12.8. The number of nitrogens with zero attached hydrogens (tertiary/aromatic N) is 5. The van der Waals surface area contributed by atoms with Crippen molar-refractivity contribution in [3.8, 4) is 0 Å². The van der Waals surface area contributed by atoms with Gasteiger partial charge in [-0.2, -0.15) is 0 Å². The third kappa shape index (κ3) is 4.79. The molecule has 0 spiro atoms. The van der Waals surface area contributed by atoms with Crippen LogP contribution in [0.3, 0.4) is 0 Å². The molecule has 0 saturated heterocycles. The molecule has 0 unspecified atom stereocenters. The second-order valence-corrected chi connectivity index (χ2v) is 7.93. The average molecular weight is 403 g/mol. The zero-order chi connectivity index (χ0) is 21.1. The van der Waals surface area contributed by atoms with Gasteiger partial charge in [-0.25, -0.2) is 15.0 Å². The highest BCUT2D eigenvalue weighted by molar-refractivity contribution is 5.92. The predicted octanol–water partition coefficient (Wildman–Crippen LogP) is 3.23. The van der Waals surface area contributed by atoms with Crippen LogP contribution in [0.4, 0.5) is 5.82 Å². The maximum Gasteiger partial charge on any atom is 0.271 e. The number of carbonyl (C=O) groups excluding carboxylic acids is 1. The molecule has 1 N–H and O–H groups in total. The van der Waals surface area contributed by atoms with Crippen LogP contribution in [0.15, 0.2) is 48.8 Å². The highest BCUT2D eigenvalue weighted by Crippen LogP contribution is 2.38. The molecular formula is C23H26N6O. The summed E-state index contributed by atoms with van der Waals surface area (Å²) < 4.78 is 0. The SMILES string of the molecule is Cc1cnc(C(=O)N[C@H](Cc2cc(N(C)C)nc(C3CC3)n2)c2ccccc2)cn1. The Bertz CT molecular complexity index is 995. The number of carbonyl (C=O) groups is 1. The van der Waals surface area contributed by atoms with E-state index >= 15 is 0 Å². The fraction of sp³-hybridized carbons (Fsp3) is 0.348. The van der Waals surface area contributed by atoms with Gasteiger partial charge in [0.15, 0.2) is 0 Å². The number of benzene rings is 1. The molecule has 2 aromatic heterocycles. The topological polar surface area (TPSA) is 83.9 Å². The highest BCUT2D eigenvalue weighted by atomic mass is 16.1. The van der Waals surface area contributed by atoms with Crippen molar-refractivity contribution in [1.82, 2.24) is 25.3 Å². The number of amides is 1. The molecule has 2 heterocycles. The lowest BCUT2D eigenvalue weighted by Crippen LogP contribution is -2.31. The zero-order valence-electron chi connectivity index (χ0n) is 17.5. The zero-order valence-corrected chi connectivity index (χ0v) is 17.5. The Morgan fingerprint density at radius 3 is 2.53 bits per heavy atom. The summed E-state index contributed by atoms with van der Waals surface area (Å²) in [6, 6.07) is 11.7. The van der Waals surface area contributed by atoms with Gasteiger partial charge >= 0.3 is 0 Å². The largest absolute Gasteiger partial charge is 0.363 e. The summed E-state index contributed by atoms with van der Waals surface area (Å²) in [5.74, 6) is 2.00. The number of aromatic nitrogens is 4. The first-order valence-corrected chi connectivity index (χ1v) is 10.2. The fourth-order valence-corrected chi connectivity index (χ4v) is 3.25. The molecule has 154 valence electrons. The van der Waals surface area contributed by atoms with Gasteiger partial charge in [0, 0.05) is 44.4 Å². The van der Waals surface area contributed by atoms with Crippen LogP contribution in [0, 0.1) is 6.92 Å². The molecule has 0 radical (unpaired) electrons. The molecule has 1 saturated carbocycles. The van der Waals surface area contributed by atoms with Crippen LogP contribution in [-0.4, -0.2) is 39.9 Å². The number of anilines is 1. The van der Waals surface area contributed by atoms with Crippen LogP contribution in [0.1, 0.15) is 58.1 Å². The third-order valence-electron chi connectivity index (χ3n) is 5.12. The van der Waals surface area contributed by atoms with Crippen LogP contribution in [0.5, 0.6) is 0 Å². The summed E-state index contributed by atoms with van der Waals surface area (Å²) in [6.07, 6.45) is 5.95. The van der Waals surface area contributed by atoms with Crippen molar-refractivity contribution in [3.05, 3.63) is 77.3 Å². The molecule has 7 heteroatoms. The molecule has 0 aliphatic heterocycles. The molecular weight excluding hydrogens is 376 g/mol. The first-order valence-electron chi connectivity index (χ1n) is 10.2. The van der Waals surface area contributed by atoms with Gasteiger partial charge in [-0.1, -0.05) is 30.3 Å². The van der Waals surface area contributed by atoms with Gasteiger partial charge in [0.25, 0.3) is 5.91 Å². The highest BCUT2D eigenvalue weighted by Gasteiger charge is 2.28. The Morgan fingerprint density at radius 1 is 1.13 bits per heavy atom. The Hall–Kier alpha value is -3.35. The second kappa shape index (κ2) is 8.57. The normalized spacial score (nSPS) is 14.2. The molecule has 7 nitrogen and oxygen atoms in total. The van der Waals surface area contributed by atoms with Gasteiger partial charge in [0.1, 0.15) is 17.3 Å². The Morgan fingerprint density at radius 2 is 1.90 bits per heavy atom. The molecule has 3 aromatic rings. The Kier molecular flexibility index (Phi) is 5.70. The molecule has 1 atom stereocenters. The minimum atomic E-state index is -0.249. The lowest BCUT2D eigenvalue weighted by Gasteiger charge is -2.20. The van der Waals surface area contributed by atoms with Crippen LogP contribution in [0.2, 0.25) is 0 Å². The van der Waals surface area contributed by atoms with E-state index in [2.05, 4.69) is 15.3 Å². The number of nitrogens with one attached hydrogen (secondary N) is 1. The molecule has 1 fully saturated rings. The Balaban J connectivity index is 1.62. The number of hydrogen-bond acceptors (Lipinski definition) is 6. The molecule has 30 heavy (non-hydrogen) atoms. The van der Waals surface area contributed by atoms with E-state index in [1.165, 1.54) is 6.20 Å². The molecule has 4 rings (SSSR count). The van der Waals surface area contributed by atoms with Crippen molar-refractivity contribution in [1.29, 1.82) is 0 Å². The van der Waals surface area contributed by atoms with Crippen LogP contribution >= 0.6 is 0 Å². The number of aryl methyl sites for hydroxylation is 1. The molecule has 1 aromatic carbocycles. The van der Waals surface area contributed by atoms with E-state index in [1.807, 2.05) is 62.3 Å². The van der Waals surface area contributed by atoms with E-state index in [4.69, 9.17) is 9.97 Å². The Labute approximate surface area is 176 Å². The van der Waals surface area contributed by atoms with Gasteiger partial charge < -0.3 is 10.2 Å². The van der Waals surface area contributed by atoms with Gasteiger partial charge in [-0.3, -0.25) is 9.78 Å². The molecule has 1 amide bonds. The summed E-state index contributed by atoms with van der Waals surface area (Å²) in [4.78, 5) is 32.7. The maximum absolute atomic E-state index is 12.8. The third-order valence-corrected chi connectivity index (χ3v) is 5.12. The van der Waals surface area contributed by atoms with Crippen molar-refractivity contribution in [2.24, 2.45) is 0 Å². The fourth-order valence-electron chi connectivity index (χ4n) is 3.25. The summed E-state index contributed by atoms with van der Waals surface area (Å²) in [6.45, 7) is 1.84. The first kappa shape index (κ1) is 19.9.